The fourth-order valence-corrected chi connectivity index (χ4v) is 2.09. The lowest BCUT2D eigenvalue weighted by Gasteiger charge is -2.12. The number of rotatable bonds is 4. The molecule has 5 heteroatoms. The topological polar surface area (TPSA) is 39.1 Å². The van der Waals surface area contributed by atoms with Gasteiger partial charge in [-0.25, -0.2) is 0 Å². The number of aromatic nitrogens is 2. The lowest BCUT2D eigenvalue weighted by atomic mass is 10.1. The first-order chi connectivity index (χ1) is 8.60. The molecule has 0 aliphatic rings. The standard InChI is InChI=1S/C13H16BrN3O/c1-9(15-2)10-4-5-13(12(14)6-10)18-11-7-16-17(3)8-11/h4-9,15H,1-3H3. The SMILES string of the molecule is CNC(C)c1ccc(Oc2cnn(C)c2)c(Br)c1. The molecule has 1 atom stereocenters. The molecule has 0 radical (unpaired) electrons. The number of benzene rings is 1. The van der Waals surface area contributed by atoms with Gasteiger partial charge >= 0.3 is 0 Å². The average molecular weight is 310 g/mol. The lowest BCUT2D eigenvalue weighted by Crippen LogP contribution is -2.12. The lowest BCUT2D eigenvalue weighted by molar-refractivity contribution is 0.478. The van der Waals surface area contributed by atoms with Crippen molar-refractivity contribution in [3.63, 3.8) is 0 Å². The van der Waals surface area contributed by atoms with Gasteiger partial charge in [0.2, 0.25) is 0 Å². The molecule has 0 aliphatic carbocycles. The van der Waals surface area contributed by atoms with E-state index in [0.717, 1.165) is 16.0 Å². The van der Waals surface area contributed by atoms with Gasteiger partial charge in [-0.15, -0.1) is 0 Å². The van der Waals surface area contributed by atoms with E-state index >= 15 is 0 Å². The van der Waals surface area contributed by atoms with Crippen molar-refractivity contribution in [2.75, 3.05) is 7.05 Å². The second kappa shape index (κ2) is 5.54. The Labute approximate surface area is 115 Å². The van der Waals surface area contributed by atoms with Gasteiger partial charge in [0, 0.05) is 13.1 Å². The van der Waals surface area contributed by atoms with E-state index in [1.54, 1.807) is 10.9 Å². The van der Waals surface area contributed by atoms with Crippen molar-refractivity contribution in [2.45, 2.75) is 13.0 Å². The Bertz CT molecular complexity index is 539. The minimum Gasteiger partial charge on any atom is -0.453 e. The van der Waals surface area contributed by atoms with Crippen LogP contribution in [0, 0.1) is 0 Å². The van der Waals surface area contributed by atoms with E-state index in [-0.39, 0.29) is 0 Å². The zero-order valence-electron chi connectivity index (χ0n) is 10.6. The Morgan fingerprint density at radius 2 is 2.22 bits per heavy atom. The van der Waals surface area contributed by atoms with Gasteiger partial charge in [-0.1, -0.05) is 6.07 Å². The number of hydrogen-bond acceptors (Lipinski definition) is 3. The number of hydrogen-bond donors (Lipinski definition) is 1. The Hall–Kier alpha value is -1.33. The summed E-state index contributed by atoms with van der Waals surface area (Å²) in [5.74, 6) is 1.52. The molecule has 0 bridgehead atoms. The van der Waals surface area contributed by atoms with Crippen LogP contribution in [0.5, 0.6) is 11.5 Å². The number of ether oxygens (including phenoxy) is 1. The van der Waals surface area contributed by atoms with Crippen molar-refractivity contribution in [2.24, 2.45) is 7.05 Å². The van der Waals surface area contributed by atoms with E-state index < -0.39 is 0 Å². The van der Waals surface area contributed by atoms with Crippen LogP contribution >= 0.6 is 15.9 Å². The van der Waals surface area contributed by atoms with Crippen molar-refractivity contribution in [3.05, 3.63) is 40.6 Å². The summed E-state index contributed by atoms with van der Waals surface area (Å²) in [5, 5.41) is 7.27. The zero-order valence-corrected chi connectivity index (χ0v) is 12.2. The van der Waals surface area contributed by atoms with Gasteiger partial charge in [-0.3, -0.25) is 4.68 Å². The van der Waals surface area contributed by atoms with Crippen molar-refractivity contribution >= 4 is 15.9 Å². The van der Waals surface area contributed by atoms with Crippen LogP contribution in [-0.4, -0.2) is 16.8 Å². The highest BCUT2D eigenvalue weighted by Crippen LogP contribution is 2.31. The summed E-state index contributed by atoms with van der Waals surface area (Å²) in [7, 11) is 3.80. The first kappa shape index (κ1) is 13.1. The predicted octanol–water partition coefficient (Wildman–Crippen LogP) is 3.26. The fourth-order valence-electron chi connectivity index (χ4n) is 1.61. The summed E-state index contributed by atoms with van der Waals surface area (Å²) >= 11 is 3.53. The van der Waals surface area contributed by atoms with E-state index in [4.69, 9.17) is 4.74 Å². The zero-order chi connectivity index (χ0) is 13.1. The summed E-state index contributed by atoms with van der Waals surface area (Å²) in [6.07, 6.45) is 3.52. The smallest absolute Gasteiger partial charge is 0.165 e. The highest BCUT2D eigenvalue weighted by Gasteiger charge is 2.08. The second-order valence-corrected chi connectivity index (χ2v) is 5.01. The highest BCUT2D eigenvalue weighted by atomic mass is 79.9. The van der Waals surface area contributed by atoms with Gasteiger partial charge in [0.1, 0.15) is 5.75 Å². The van der Waals surface area contributed by atoms with Gasteiger partial charge in [0.15, 0.2) is 5.75 Å². The molecule has 0 spiro atoms. The van der Waals surface area contributed by atoms with Crippen LogP contribution in [0.1, 0.15) is 18.5 Å². The molecule has 0 saturated heterocycles. The first-order valence-corrected chi connectivity index (χ1v) is 6.52. The Balaban J connectivity index is 2.19. The van der Waals surface area contributed by atoms with Crippen LogP contribution in [0.3, 0.4) is 0 Å². The number of nitrogens with zero attached hydrogens (tertiary/aromatic N) is 2. The van der Waals surface area contributed by atoms with Crippen LogP contribution in [0.2, 0.25) is 0 Å². The molecule has 0 aliphatic heterocycles. The third-order valence-corrected chi connectivity index (χ3v) is 3.42. The molecule has 0 fully saturated rings. The van der Waals surface area contributed by atoms with Gasteiger partial charge in [0.25, 0.3) is 0 Å². The summed E-state index contributed by atoms with van der Waals surface area (Å²) in [5.41, 5.74) is 1.21. The van der Waals surface area contributed by atoms with E-state index in [1.165, 1.54) is 5.56 Å². The van der Waals surface area contributed by atoms with Crippen molar-refractivity contribution in [1.29, 1.82) is 0 Å². The molecule has 1 aromatic heterocycles. The van der Waals surface area contributed by atoms with Gasteiger partial charge < -0.3 is 10.1 Å². The molecule has 4 nitrogen and oxygen atoms in total. The van der Waals surface area contributed by atoms with Crippen LogP contribution in [0.25, 0.3) is 0 Å². The molecule has 2 aromatic rings. The summed E-state index contributed by atoms with van der Waals surface area (Å²) in [6, 6.07) is 6.39. The Morgan fingerprint density at radius 1 is 1.44 bits per heavy atom. The Kier molecular flexibility index (Phi) is 4.04. The quantitative estimate of drug-likeness (QED) is 0.942. The molecule has 1 N–H and O–H groups in total. The molecule has 1 heterocycles. The molecule has 1 aromatic carbocycles. The largest absolute Gasteiger partial charge is 0.453 e. The third kappa shape index (κ3) is 2.91. The summed E-state index contributed by atoms with van der Waals surface area (Å²) in [6.45, 7) is 2.11. The van der Waals surface area contributed by atoms with E-state index in [0.29, 0.717) is 6.04 Å². The van der Waals surface area contributed by atoms with Crippen molar-refractivity contribution in [1.82, 2.24) is 15.1 Å². The van der Waals surface area contributed by atoms with Gasteiger partial charge in [-0.2, -0.15) is 5.10 Å². The normalized spacial score (nSPS) is 12.4. The van der Waals surface area contributed by atoms with Crippen LogP contribution in [0.15, 0.2) is 35.1 Å². The molecular weight excluding hydrogens is 294 g/mol. The number of halogens is 1. The minimum atomic E-state index is 0.314. The number of nitrogens with one attached hydrogen (secondary N) is 1. The molecular formula is C13H16BrN3O. The maximum absolute atomic E-state index is 5.75. The third-order valence-electron chi connectivity index (χ3n) is 2.80. The molecule has 96 valence electrons. The molecule has 18 heavy (non-hydrogen) atoms. The Morgan fingerprint density at radius 3 is 2.78 bits per heavy atom. The predicted molar refractivity (Wildman–Crippen MR) is 74.9 cm³/mol. The number of aryl methyl sites for hydroxylation is 1. The molecule has 2 rings (SSSR count). The minimum absolute atomic E-state index is 0.314. The van der Waals surface area contributed by atoms with E-state index in [1.807, 2.05) is 26.4 Å². The molecule has 0 saturated carbocycles. The van der Waals surface area contributed by atoms with Gasteiger partial charge in [-0.05, 0) is 47.6 Å². The van der Waals surface area contributed by atoms with Crippen molar-refractivity contribution in [3.8, 4) is 11.5 Å². The summed E-state index contributed by atoms with van der Waals surface area (Å²) < 4.78 is 8.39. The maximum Gasteiger partial charge on any atom is 0.165 e. The average Bonchev–Trinajstić information content (AvgIpc) is 2.76. The summed E-state index contributed by atoms with van der Waals surface area (Å²) in [4.78, 5) is 0. The van der Waals surface area contributed by atoms with Crippen LogP contribution in [0.4, 0.5) is 0 Å². The van der Waals surface area contributed by atoms with E-state index in [2.05, 4.69) is 45.4 Å². The molecule has 0 amide bonds. The van der Waals surface area contributed by atoms with E-state index in [9.17, 15) is 0 Å². The van der Waals surface area contributed by atoms with Crippen LogP contribution < -0.4 is 10.1 Å². The first-order valence-electron chi connectivity index (χ1n) is 5.73. The fraction of sp³-hybridized carbons (Fsp3) is 0.308. The van der Waals surface area contributed by atoms with Crippen molar-refractivity contribution < 1.29 is 4.74 Å². The maximum atomic E-state index is 5.75. The highest BCUT2D eigenvalue weighted by molar-refractivity contribution is 9.10. The van der Waals surface area contributed by atoms with Gasteiger partial charge in [0.05, 0.1) is 16.9 Å². The second-order valence-electron chi connectivity index (χ2n) is 4.15. The monoisotopic (exact) mass is 309 g/mol. The van der Waals surface area contributed by atoms with Crippen LogP contribution in [-0.2, 0) is 7.05 Å². The molecule has 1 unspecified atom stereocenters.